The van der Waals surface area contributed by atoms with E-state index < -0.39 is 10.0 Å². The summed E-state index contributed by atoms with van der Waals surface area (Å²) in [5.74, 6) is 0.503. The van der Waals surface area contributed by atoms with Crippen LogP contribution in [0.25, 0.3) is 11.0 Å². The van der Waals surface area contributed by atoms with Crippen molar-refractivity contribution < 1.29 is 8.42 Å². The number of benzene rings is 1. The van der Waals surface area contributed by atoms with Crippen LogP contribution in [0.2, 0.25) is 0 Å². The van der Waals surface area contributed by atoms with Crippen molar-refractivity contribution in [2.24, 2.45) is 5.92 Å². The highest BCUT2D eigenvalue weighted by Gasteiger charge is 2.39. The van der Waals surface area contributed by atoms with Crippen molar-refractivity contribution >= 4 is 21.1 Å². The van der Waals surface area contributed by atoms with Crippen LogP contribution in [0.1, 0.15) is 38.5 Å². The fourth-order valence-electron chi connectivity index (χ4n) is 4.19. The van der Waals surface area contributed by atoms with Crippen molar-refractivity contribution in [1.29, 1.82) is 0 Å². The molecule has 23 heavy (non-hydrogen) atoms. The zero-order valence-electron chi connectivity index (χ0n) is 12.9. The van der Waals surface area contributed by atoms with E-state index in [1.54, 1.807) is 22.5 Å². The van der Waals surface area contributed by atoms with Crippen LogP contribution in [0.4, 0.5) is 0 Å². The van der Waals surface area contributed by atoms with E-state index in [0.29, 0.717) is 23.5 Å². The number of sulfonamides is 1. The molecule has 1 aliphatic carbocycles. The molecule has 2 aromatic rings. The molecule has 1 aliphatic heterocycles. The van der Waals surface area contributed by atoms with E-state index in [4.69, 9.17) is 0 Å². The minimum atomic E-state index is -3.52. The van der Waals surface area contributed by atoms with Crippen molar-refractivity contribution in [2.75, 3.05) is 6.54 Å². The second kappa shape index (κ2) is 5.49. The van der Waals surface area contributed by atoms with Crippen molar-refractivity contribution in [2.45, 2.75) is 49.5 Å². The number of imidazole rings is 1. The molecule has 0 bridgehead atoms. The van der Waals surface area contributed by atoms with Gasteiger partial charge in [-0.1, -0.05) is 12.8 Å². The van der Waals surface area contributed by atoms with Gasteiger partial charge in [-0.05, 0) is 49.8 Å². The summed E-state index contributed by atoms with van der Waals surface area (Å²) in [6, 6.07) is 4.95. The molecule has 124 valence electrons. The number of H-pyrrole nitrogens is 2. The Morgan fingerprint density at radius 1 is 1.00 bits per heavy atom. The molecule has 4 rings (SSSR count). The molecule has 2 N–H and O–H groups in total. The first kappa shape index (κ1) is 15.0. The van der Waals surface area contributed by atoms with Gasteiger partial charge in [0.1, 0.15) is 0 Å². The first-order valence-corrected chi connectivity index (χ1v) is 9.73. The number of hydrogen-bond donors (Lipinski definition) is 2. The molecule has 1 saturated heterocycles. The minimum absolute atomic E-state index is 0.142. The molecule has 1 aromatic carbocycles. The number of aromatic nitrogens is 2. The van der Waals surface area contributed by atoms with Crippen molar-refractivity contribution in [3.05, 3.63) is 28.7 Å². The number of fused-ring (bicyclic) bond motifs is 2. The van der Waals surface area contributed by atoms with Crippen LogP contribution in [0.15, 0.2) is 27.9 Å². The van der Waals surface area contributed by atoms with Gasteiger partial charge in [0.05, 0.1) is 15.9 Å². The van der Waals surface area contributed by atoms with Crippen molar-refractivity contribution in [3.8, 4) is 0 Å². The average molecular weight is 335 g/mol. The monoisotopic (exact) mass is 335 g/mol. The molecule has 2 aliphatic rings. The van der Waals surface area contributed by atoms with E-state index in [-0.39, 0.29) is 16.6 Å². The Hall–Kier alpha value is -1.60. The SMILES string of the molecule is O=c1[nH]c2ccc(S(=O)(=O)N3CCC[C@H]4CCCC[C@@H]43)cc2[nH]1. The normalized spacial score (nSPS) is 26.3. The largest absolute Gasteiger partial charge is 0.323 e. The van der Waals surface area contributed by atoms with Crippen LogP contribution in [0.5, 0.6) is 0 Å². The lowest BCUT2D eigenvalue weighted by atomic mass is 9.79. The highest BCUT2D eigenvalue weighted by molar-refractivity contribution is 7.89. The first-order valence-electron chi connectivity index (χ1n) is 8.29. The van der Waals surface area contributed by atoms with Crippen molar-refractivity contribution in [3.63, 3.8) is 0 Å². The molecule has 6 nitrogen and oxygen atoms in total. The lowest BCUT2D eigenvalue weighted by Gasteiger charge is -2.43. The molecule has 0 radical (unpaired) electrons. The second-order valence-electron chi connectivity index (χ2n) is 6.66. The van der Waals surface area contributed by atoms with Gasteiger partial charge in [-0.15, -0.1) is 0 Å². The summed E-state index contributed by atoms with van der Waals surface area (Å²) in [7, 11) is -3.52. The smallest absolute Gasteiger partial charge is 0.306 e. The van der Waals surface area contributed by atoms with Crippen LogP contribution < -0.4 is 5.69 Å². The fourth-order valence-corrected chi connectivity index (χ4v) is 5.97. The molecule has 2 atom stereocenters. The number of hydrogen-bond acceptors (Lipinski definition) is 3. The zero-order valence-corrected chi connectivity index (χ0v) is 13.7. The van der Waals surface area contributed by atoms with Gasteiger partial charge in [-0.3, -0.25) is 0 Å². The highest BCUT2D eigenvalue weighted by atomic mass is 32.2. The molecule has 0 spiro atoms. The third kappa shape index (κ3) is 2.52. The Balaban J connectivity index is 1.73. The molecule has 2 fully saturated rings. The molecule has 2 heterocycles. The van der Waals surface area contributed by atoms with Gasteiger partial charge in [0, 0.05) is 12.6 Å². The summed E-state index contributed by atoms with van der Waals surface area (Å²) in [4.78, 5) is 16.9. The minimum Gasteiger partial charge on any atom is -0.306 e. The van der Waals surface area contributed by atoms with Gasteiger partial charge >= 0.3 is 5.69 Å². The zero-order chi connectivity index (χ0) is 16.0. The summed E-state index contributed by atoms with van der Waals surface area (Å²) in [5.41, 5.74) is 0.844. The van der Waals surface area contributed by atoms with E-state index in [0.717, 1.165) is 32.1 Å². The van der Waals surface area contributed by atoms with Gasteiger partial charge in [-0.25, -0.2) is 13.2 Å². The Bertz CT molecular complexity index is 881. The fraction of sp³-hybridized carbons (Fsp3) is 0.562. The maximum absolute atomic E-state index is 13.1. The van der Waals surface area contributed by atoms with Gasteiger partial charge in [0.2, 0.25) is 10.0 Å². The summed E-state index contributed by atoms with van der Waals surface area (Å²) in [5, 5.41) is 0. The molecule has 1 saturated carbocycles. The molecule has 1 aromatic heterocycles. The van der Waals surface area contributed by atoms with E-state index >= 15 is 0 Å². The first-order chi connectivity index (χ1) is 11.1. The predicted molar refractivity (Wildman–Crippen MR) is 87.8 cm³/mol. The molecule has 0 unspecified atom stereocenters. The van der Waals surface area contributed by atoms with E-state index in [2.05, 4.69) is 9.97 Å². The topological polar surface area (TPSA) is 86.0 Å². The van der Waals surface area contributed by atoms with Crippen LogP contribution >= 0.6 is 0 Å². The van der Waals surface area contributed by atoms with Gasteiger partial charge < -0.3 is 9.97 Å². The molecule has 0 amide bonds. The molecular weight excluding hydrogens is 314 g/mol. The maximum atomic E-state index is 13.1. The standard InChI is InChI=1S/C16H21N3O3S/c20-16-17-13-8-7-12(10-14(13)18-16)23(21,22)19-9-3-5-11-4-1-2-6-15(11)19/h7-8,10-11,15H,1-6,9H2,(H2,17,18,20)/t11-,15+/m1/s1. The van der Waals surface area contributed by atoms with E-state index in [9.17, 15) is 13.2 Å². The maximum Gasteiger partial charge on any atom is 0.323 e. The summed E-state index contributed by atoms with van der Waals surface area (Å²) >= 11 is 0. The van der Waals surface area contributed by atoms with Crippen LogP contribution in [-0.4, -0.2) is 35.3 Å². The van der Waals surface area contributed by atoms with Crippen LogP contribution in [-0.2, 0) is 10.0 Å². The van der Waals surface area contributed by atoms with Gasteiger partial charge in [-0.2, -0.15) is 4.31 Å². The average Bonchev–Trinajstić information content (AvgIpc) is 2.93. The Labute approximate surface area is 134 Å². The highest BCUT2D eigenvalue weighted by Crippen LogP contribution is 2.38. The van der Waals surface area contributed by atoms with Gasteiger partial charge in [0.25, 0.3) is 0 Å². The van der Waals surface area contributed by atoms with E-state index in [1.807, 2.05) is 0 Å². The Morgan fingerprint density at radius 3 is 2.61 bits per heavy atom. The Kier molecular flexibility index (Phi) is 3.57. The quantitative estimate of drug-likeness (QED) is 0.882. The third-order valence-corrected chi connectivity index (χ3v) is 7.21. The lowest BCUT2D eigenvalue weighted by molar-refractivity contribution is 0.129. The number of rotatable bonds is 2. The Morgan fingerprint density at radius 2 is 1.74 bits per heavy atom. The van der Waals surface area contributed by atoms with Crippen LogP contribution in [0.3, 0.4) is 0 Å². The van der Waals surface area contributed by atoms with Crippen LogP contribution in [0, 0.1) is 5.92 Å². The summed E-state index contributed by atoms with van der Waals surface area (Å²) in [6.07, 6.45) is 6.50. The molecule has 7 heteroatoms. The number of nitrogens with one attached hydrogen (secondary N) is 2. The summed E-state index contributed by atoms with van der Waals surface area (Å²) in [6.45, 7) is 0.602. The van der Waals surface area contributed by atoms with Gasteiger partial charge in [0.15, 0.2) is 0 Å². The van der Waals surface area contributed by atoms with Crippen molar-refractivity contribution in [1.82, 2.24) is 14.3 Å². The second-order valence-corrected chi connectivity index (χ2v) is 8.55. The van der Waals surface area contributed by atoms with E-state index in [1.165, 1.54) is 6.42 Å². The molecular formula is C16H21N3O3S. The lowest BCUT2D eigenvalue weighted by Crippen LogP contribution is -2.49. The predicted octanol–water partition coefficient (Wildman–Crippen LogP) is 2.20. The number of aromatic amines is 2. The third-order valence-electron chi connectivity index (χ3n) is 5.29. The number of nitrogens with zero attached hydrogens (tertiary/aromatic N) is 1. The number of piperidine rings is 1. The summed E-state index contributed by atoms with van der Waals surface area (Å²) < 4.78 is 27.9.